The zero-order valence-corrected chi connectivity index (χ0v) is 20.1. The molecule has 0 radical (unpaired) electrons. The fourth-order valence-electron chi connectivity index (χ4n) is 5.41. The molecular formula is C27H42O3S. The van der Waals surface area contributed by atoms with Crippen molar-refractivity contribution >= 4 is 11.8 Å². The van der Waals surface area contributed by atoms with Gasteiger partial charge in [-0.3, -0.25) is 0 Å². The molecule has 2 aliphatic carbocycles. The Kier molecular flexibility index (Phi) is 9.91. The summed E-state index contributed by atoms with van der Waals surface area (Å²) in [7, 11) is 0. The highest BCUT2D eigenvalue weighted by atomic mass is 32.2. The lowest BCUT2D eigenvalue weighted by Crippen LogP contribution is -2.22. The molecule has 1 heterocycles. The Hall–Kier alpha value is -0.710. The van der Waals surface area contributed by atoms with Crippen molar-refractivity contribution < 1.29 is 14.2 Å². The van der Waals surface area contributed by atoms with Crippen LogP contribution < -0.4 is 4.74 Å². The summed E-state index contributed by atoms with van der Waals surface area (Å²) in [6, 6.07) is 8.91. The number of rotatable bonds is 6. The molecule has 2 atom stereocenters. The van der Waals surface area contributed by atoms with E-state index in [9.17, 15) is 0 Å². The van der Waals surface area contributed by atoms with Gasteiger partial charge in [0.1, 0.15) is 5.75 Å². The second-order valence-electron chi connectivity index (χ2n) is 9.82. The van der Waals surface area contributed by atoms with Crippen LogP contribution in [0.15, 0.2) is 29.2 Å². The Morgan fingerprint density at radius 1 is 0.710 bits per heavy atom. The number of hydrogen-bond donors (Lipinski definition) is 0. The summed E-state index contributed by atoms with van der Waals surface area (Å²) in [6.07, 6.45) is 18.8. The fourth-order valence-corrected chi connectivity index (χ4v) is 6.63. The van der Waals surface area contributed by atoms with Crippen molar-refractivity contribution in [3.8, 4) is 5.75 Å². The summed E-state index contributed by atoms with van der Waals surface area (Å²) in [6.45, 7) is 2.44. The van der Waals surface area contributed by atoms with Gasteiger partial charge in [0, 0.05) is 16.1 Å². The maximum atomic E-state index is 6.17. The predicted molar refractivity (Wildman–Crippen MR) is 129 cm³/mol. The zero-order chi connectivity index (χ0) is 21.1. The van der Waals surface area contributed by atoms with Gasteiger partial charge in [-0.15, -0.1) is 11.8 Å². The zero-order valence-electron chi connectivity index (χ0n) is 19.3. The fraction of sp³-hybridized carbons (Fsp3) is 0.778. The largest absolute Gasteiger partial charge is 0.493 e. The van der Waals surface area contributed by atoms with E-state index in [4.69, 9.17) is 14.2 Å². The van der Waals surface area contributed by atoms with E-state index < -0.39 is 0 Å². The van der Waals surface area contributed by atoms with Gasteiger partial charge in [0.05, 0.1) is 19.8 Å². The summed E-state index contributed by atoms with van der Waals surface area (Å²) in [4.78, 5) is 1.38. The molecule has 1 aromatic rings. The third-order valence-electron chi connectivity index (χ3n) is 7.33. The van der Waals surface area contributed by atoms with E-state index >= 15 is 0 Å². The van der Waals surface area contributed by atoms with Gasteiger partial charge in [-0.2, -0.15) is 0 Å². The van der Waals surface area contributed by atoms with E-state index in [1.165, 1.54) is 94.8 Å². The van der Waals surface area contributed by atoms with Gasteiger partial charge in [-0.1, -0.05) is 51.4 Å². The van der Waals surface area contributed by atoms with Crippen molar-refractivity contribution in [2.24, 2.45) is 11.8 Å². The van der Waals surface area contributed by atoms with Crippen LogP contribution in [0.4, 0.5) is 0 Å². The van der Waals surface area contributed by atoms with Gasteiger partial charge in [-0.25, -0.2) is 0 Å². The van der Waals surface area contributed by atoms with Crippen molar-refractivity contribution in [1.82, 2.24) is 0 Å². The molecule has 4 heteroatoms. The molecule has 3 aliphatic rings. The predicted octanol–water partition coefficient (Wildman–Crippen LogP) is 7.62. The number of ether oxygens (including phenoxy) is 3. The summed E-state index contributed by atoms with van der Waals surface area (Å²) >= 11 is 2.06. The first-order valence-electron chi connectivity index (χ1n) is 13.0. The minimum atomic E-state index is 0.0537. The highest BCUT2D eigenvalue weighted by Crippen LogP contribution is 2.36. The van der Waals surface area contributed by atoms with Crippen molar-refractivity contribution in [3.63, 3.8) is 0 Å². The lowest BCUT2D eigenvalue weighted by molar-refractivity contribution is -0.0881. The van der Waals surface area contributed by atoms with Crippen molar-refractivity contribution in [2.75, 3.05) is 19.8 Å². The number of hydrogen-bond acceptors (Lipinski definition) is 4. The SMILES string of the molecule is c1cc(SC2CCCCCC(C3OCCO3)CC2)ccc1OCC1CCCCCCC1. The monoisotopic (exact) mass is 446 g/mol. The Morgan fingerprint density at radius 3 is 2.13 bits per heavy atom. The molecule has 1 aliphatic heterocycles. The van der Waals surface area contributed by atoms with Gasteiger partial charge in [-0.05, 0) is 68.7 Å². The second kappa shape index (κ2) is 13.1. The minimum Gasteiger partial charge on any atom is -0.493 e. The van der Waals surface area contributed by atoms with Gasteiger partial charge in [0.25, 0.3) is 0 Å². The molecular weight excluding hydrogens is 404 g/mol. The molecule has 2 unspecified atom stereocenters. The van der Waals surface area contributed by atoms with Gasteiger partial charge in [0.2, 0.25) is 0 Å². The maximum Gasteiger partial charge on any atom is 0.160 e. The van der Waals surface area contributed by atoms with Gasteiger partial charge < -0.3 is 14.2 Å². The molecule has 1 saturated heterocycles. The third kappa shape index (κ3) is 7.98. The smallest absolute Gasteiger partial charge is 0.160 e. The van der Waals surface area contributed by atoms with Crippen LogP contribution in [0, 0.1) is 11.8 Å². The van der Waals surface area contributed by atoms with Crippen LogP contribution in [-0.4, -0.2) is 31.4 Å². The van der Waals surface area contributed by atoms with E-state index in [0.29, 0.717) is 11.2 Å². The van der Waals surface area contributed by atoms with E-state index in [1.807, 2.05) is 0 Å². The van der Waals surface area contributed by atoms with Crippen LogP contribution >= 0.6 is 11.8 Å². The van der Waals surface area contributed by atoms with Crippen molar-refractivity contribution in [3.05, 3.63) is 24.3 Å². The Labute approximate surface area is 194 Å². The van der Waals surface area contributed by atoms with Crippen LogP contribution in [0.1, 0.15) is 89.9 Å². The first-order valence-corrected chi connectivity index (χ1v) is 13.9. The van der Waals surface area contributed by atoms with Gasteiger partial charge >= 0.3 is 0 Å². The minimum absolute atomic E-state index is 0.0537. The second-order valence-corrected chi connectivity index (χ2v) is 11.2. The molecule has 3 fully saturated rings. The average Bonchev–Trinajstić information content (AvgIpc) is 3.32. The molecule has 31 heavy (non-hydrogen) atoms. The highest BCUT2D eigenvalue weighted by molar-refractivity contribution is 8.00. The summed E-state index contributed by atoms with van der Waals surface area (Å²) < 4.78 is 17.8. The van der Waals surface area contributed by atoms with E-state index in [1.54, 1.807) is 0 Å². The Morgan fingerprint density at radius 2 is 1.35 bits per heavy atom. The Bertz CT molecular complexity index is 605. The van der Waals surface area contributed by atoms with Crippen molar-refractivity contribution in [1.29, 1.82) is 0 Å². The molecule has 2 saturated carbocycles. The lowest BCUT2D eigenvalue weighted by atomic mass is 9.92. The van der Waals surface area contributed by atoms with Crippen LogP contribution in [0.5, 0.6) is 5.75 Å². The topological polar surface area (TPSA) is 27.7 Å². The molecule has 174 valence electrons. The first-order chi connectivity index (χ1) is 15.4. The number of thioether (sulfide) groups is 1. The lowest BCUT2D eigenvalue weighted by Gasteiger charge is -2.23. The van der Waals surface area contributed by atoms with Crippen LogP contribution in [0.2, 0.25) is 0 Å². The summed E-state index contributed by atoms with van der Waals surface area (Å²) in [5.74, 6) is 2.36. The average molecular weight is 447 g/mol. The highest BCUT2D eigenvalue weighted by Gasteiger charge is 2.28. The molecule has 1 aromatic carbocycles. The molecule has 0 aromatic heterocycles. The number of benzene rings is 1. The molecule has 0 spiro atoms. The van der Waals surface area contributed by atoms with Crippen molar-refractivity contribution in [2.45, 2.75) is 106 Å². The van der Waals surface area contributed by atoms with Crippen LogP contribution in [0.25, 0.3) is 0 Å². The van der Waals surface area contributed by atoms with E-state index in [0.717, 1.165) is 31.5 Å². The summed E-state index contributed by atoms with van der Waals surface area (Å²) in [5, 5.41) is 0.698. The van der Waals surface area contributed by atoms with E-state index in [-0.39, 0.29) is 6.29 Å². The molecule has 0 N–H and O–H groups in total. The Balaban J connectivity index is 1.24. The third-order valence-corrected chi connectivity index (χ3v) is 8.68. The summed E-state index contributed by atoms with van der Waals surface area (Å²) in [5.41, 5.74) is 0. The maximum absolute atomic E-state index is 6.17. The van der Waals surface area contributed by atoms with E-state index in [2.05, 4.69) is 36.0 Å². The molecule has 0 bridgehead atoms. The molecule has 3 nitrogen and oxygen atoms in total. The van der Waals surface area contributed by atoms with Crippen LogP contribution in [-0.2, 0) is 9.47 Å². The van der Waals surface area contributed by atoms with Crippen LogP contribution in [0.3, 0.4) is 0 Å². The normalized spacial score (nSPS) is 27.6. The van der Waals surface area contributed by atoms with Gasteiger partial charge in [0.15, 0.2) is 6.29 Å². The molecule has 0 amide bonds. The quantitative estimate of drug-likeness (QED) is 0.449. The molecule has 4 rings (SSSR count). The standard InChI is InChI=1S/C27H42O3S/c1-2-5-9-22(10-6-3-1)21-30-24-14-17-26(18-15-24)31-25-12-8-4-7-11-23(13-16-25)27-28-19-20-29-27/h14-15,17-18,22-23,25,27H,1-13,16,19-21H2. The first kappa shape index (κ1) is 23.4.